The second-order valence-electron chi connectivity index (χ2n) is 9.40. The van der Waals surface area contributed by atoms with Gasteiger partial charge in [0.15, 0.2) is 0 Å². The highest BCUT2D eigenvalue weighted by Crippen LogP contribution is 2.38. The molecule has 0 radical (unpaired) electrons. The van der Waals surface area contributed by atoms with E-state index in [1.807, 2.05) is 49.4 Å². The third kappa shape index (κ3) is 5.42. The molecule has 4 aromatic carbocycles. The molecule has 0 bridgehead atoms. The van der Waals surface area contributed by atoms with E-state index < -0.39 is 22.3 Å². The number of hydrogen-bond acceptors (Lipinski definition) is 6. The molecule has 0 saturated heterocycles. The number of nitro groups is 1. The Bertz CT molecular complexity index is 1580. The first-order valence-electron chi connectivity index (χ1n) is 12.3. The fraction of sp³-hybridized carbons (Fsp3) is 0.133. The fourth-order valence-electron chi connectivity index (χ4n) is 4.34. The van der Waals surface area contributed by atoms with Crippen LogP contribution in [0.3, 0.4) is 0 Å². The van der Waals surface area contributed by atoms with Gasteiger partial charge in [-0.05, 0) is 72.9 Å². The summed E-state index contributed by atoms with van der Waals surface area (Å²) in [5.41, 5.74) is 2.40. The number of benzene rings is 4. The number of aliphatic carboxylic acids is 1. The molecular weight excluding hydrogens is 498 g/mol. The van der Waals surface area contributed by atoms with Crippen LogP contribution in [0.2, 0.25) is 0 Å². The third-order valence-corrected chi connectivity index (χ3v) is 6.63. The standard InChI is InChI=1S/C30H25N3O6/c1-19-17-22(12-13-23(19)20-7-3-2-4-8-20)39-27-14-11-21(31-25-9-5-6-10-26(25)33(37)38)18-24(27)28(34)32-30(15-16-30)29(35)36/h2-14,17-18,31H,15-16H2,1H3,(H,32,34)(H,35,36). The zero-order valence-electron chi connectivity index (χ0n) is 21.0. The molecule has 9 heteroatoms. The van der Waals surface area contributed by atoms with Gasteiger partial charge in [-0.2, -0.15) is 0 Å². The fourth-order valence-corrected chi connectivity index (χ4v) is 4.34. The Morgan fingerprint density at radius 1 is 0.949 bits per heavy atom. The maximum atomic E-state index is 13.3. The van der Waals surface area contributed by atoms with Crippen LogP contribution in [0.5, 0.6) is 11.5 Å². The van der Waals surface area contributed by atoms with Crippen molar-refractivity contribution in [2.75, 3.05) is 5.32 Å². The quantitative estimate of drug-likeness (QED) is 0.170. The number of ether oxygens (including phenoxy) is 1. The predicted octanol–water partition coefficient (Wildman–Crippen LogP) is 6.45. The van der Waals surface area contributed by atoms with Crippen LogP contribution in [0, 0.1) is 17.0 Å². The Labute approximate surface area is 224 Å². The van der Waals surface area contributed by atoms with Gasteiger partial charge in [-0.25, -0.2) is 4.79 Å². The van der Waals surface area contributed by atoms with E-state index in [4.69, 9.17) is 4.74 Å². The Hall–Kier alpha value is -5.18. The molecule has 196 valence electrons. The minimum Gasteiger partial charge on any atom is -0.480 e. The lowest BCUT2D eigenvalue weighted by Crippen LogP contribution is -2.43. The summed E-state index contributed by atoms with van der Waals surface area (Å²) in [7, 11) is 0. The van der Waals surface area contributed by atoms with Crippen molar-refractivity contribution in [1.29, 1.82) is 0 Å². The summed E-state index contributed by atoms with van der Waals surface area (Å²) in [6, 6.07) is 26.4. The second kappa shape index (κ2) is 10.3. The molecule has 5 rings (SSSR count). The number of carboxylic acid groups (broad SMARTS) is 1. The van der Waals surface area contributed by atoms with Crippen molar-refractivity contribution in [3.05, 3.63) is 112 Å². The molecule has 39 heavy (non-hydrogen) atoms. The van der Waals surface area contributed by atoms with Crippen molar-refractivity contribution >= 4 is 28.9 Å². The number of anilines is 2. The van der Waals surface area contributed by atoms with Crippen LogP contribution in [0.15, 0.2) is 91.0 Å². The zero-order valence-corrected chi connectivity index (χ0v) is 21.0. The molecule has 1 amide bonds. The van der Waals surface area contributed by atoms with Gasteiger partial charge in [0, 0.05) is 11.8 Å². The van der Waals surface area contributed by atoms with Gasteiger partial charge in [-0.15, -0.1) is 0 Å². The predicted molar refractivity (Wildman–Crippen MR) is 147 cm³/mol. The van der Waals surface area contributed by atoms with Crippen molar-refractivity contribution < 1.29 is 24.4 Å². The highest BCUT2D eigenvalue weighted by Gasteiger charge is 2.52. The van der Waals surface area contributed by atoms with Gasteiger partial charge < -0.3 is 20.5 Å². The average molecular weight is 524 g/mol. The van der Waals surface area contributed by atoms with Crippen LogP contribution in [-0.4, -0.2) is 27.4 Å². The van der Waals surface area contributed by atoms with Crippen LogP contribution >= 0.6 is 0 Å². The summed E-state index contributed by atoms with van der Waals surface area (Å²) in [6.45, 7) is 1.96. The number of nitrogens with zero attached hydrogens (tertiary/aromatic N) is 1. The number of carbonyl (C=O) groups excluding carboxylic acids is 1. The van der Waals surface area contributed by atoms with Gasteiger partial charge in [0.1, 0.15) is 22.7 Å². The van der Waals surface area contributed by atoms with Gasteiger partial charge in [0.2, 0.25) is 0 Å². The summed E-state index contributed by atoms with van der Waals surface area (Å²) in [5, 5.41) is 26.6. The van der Waals surface area contributed by atoms with E-state index in [0.717, 1.165) is 16.7 Å². The van der Waals surface area contributed by atoms with Gasteiger partial charge >= 0.3 is 5.97 Å². The van der Waals surface area contributed by atoms with Crippen molar-refractivity contribution in [1.82, 2.24) is 5.32 Å². The Morgan fingerprint density at radius 2 is 1.67 bits per heavy atom. The van der Waals surface area contributed by atoms with Crippen molar-refractivity contribution in [2.24, 2.45) is 0 Å². The normalized spacial score (nSPS) is 13.3. The molecule has 0 unspecified atom stereocenters. The minimum atomic E-state index is -1.30. The van der Waals surface area contributed by atoms with E-state index in [-0.39, 0.29) is 22.7 Å². The summed E-state index contributed by atoms with van der Waals surface area (Å²) in [4.78, 5) is 35.9. The second-order valence-corrected chi connectivity index (χ2v) is 9.40. The monoisotopic (exact) mass is 523 g/mol. The lowest BCUT2D eigenvalue weighted by molar-refractivity contribution is -0.383. The molecule has 1 aliphatic rings. The van der Waals surface area contributed by atoms with E-state index in [1.54, 1.807) is 36.4 Å². The highest BCUT2D eigenvalue weighted by atomic mass is 16.6. The maximum absolute atomic E-state index is 13.3. The Balaban J connectivity index is 1.48. The summed E-state index contributed by atoms with van der Waals surface area (Å²) < 4.78 is 6.12. The highest BCUT2D eigenvalue weighted by molar-refractivity contribution is 6.02. The van der Waals surface area contributed by atoms with Crippen molar-refractivity contribution in [3.63, 3.8) is 0 Å². The molecule has 0 spiro atoms. The number of nitro benzene ring substituents is 1. The zero-order chi connectivity index (χ0) is 27.6. The number of hydrogen-bond donors (Lipinski definition) is 3. The molecule has 1 fully saturated rings. The molecule has 0 aromatic heterocycles. The van der Waals surface area contributed by atoms with Gasteiger partial charge in [-0.1, -0.05) is 48.5 Å². The first kappa shape index (κ1) is 25.5. The van der Waals surface area contributed by atoms with E-state index in [1.165, 1.54) is 12.1 Å². The number of carboxylic acids is 1. The van der Waals surface area contributed by atoms with E-state index >= 15 is 0 Å². The van der Waals surface area contributed by atoms with E-state index in [9.17, 15) is 24.8 Å². The number of para-hydroxylation sites is 2. The van der Waals surface area contributed by atoms with E-state index in [2.05, 4.69) is 10.6 Å². The molecule has 1 aliphatic carbocycles. The number of aryl methyl sites for hydroxylation is 1. The number of nitrogens with one attached hydrogen (secondary N) is 2. The smallest absolute Gasteiger partial charge is 0.329 e. The molecule has 4 aromatic rings. The molecular formula is C30H25N3O6. The largest absolute Gasteiger partial charge is 0.480 e. The lowest BCUT2D eigenvalue weighted by Gasteiger charge is -2.17. The summed E-state index contributed by atoms with van der Waals surface area (Å²) >= 11 is 0. The van der Waals surface area contributed by atoms with Gasteiger partial charge in [0.25, 0.3) is 11.6 Å². The van der Waals surface area contributed by atoms with Gasteiger partial charge in [-0.3, -0.25) is 14.9 Å². The molecule has 0 atom stereocenters. The van der Waals surface area contributed by atoms with Crippen LogP contribution < -0.4 is 15.4 Å². The van der Waals surface area contributed by atoms with E-state index in [0.29, 0.717) is 24.3 Å². The Morgan fingerprint density at radius 3 is 2.33 bits per heavy atom. The van der Waals surface area contributed by atoms with Crippen LogP contribution in [0.1, 0.15) is 28.8 Å². The summed E-state index contributed by atoms with van der Waals surface area (Å²) in [5.74, 6) is -0.998. The van der Waals surface area contributed by atoms with Crippen molar-refractivity contribution in [2.45, 2.75) is 25.3 Å². The van der Waals surface area contributed by atoms with Crippen molar-refractivity contribution in [3.8, 4) is 22.6 Å². The van der Waals surface area contributed by atoms with Gasteiger partial charge in [0.05, 0.1) is 10.5 Å². The topological polar surface area (TPSA) is 131 Å². The molecule has 9 nitrogen and oxygen atoms in total. The number of carbonyl (C=O) groups is 2. The van der Waals surface area contributed by atoms with Crippen LogP contribution in [0.25, 0.3) is 11.1 Å². The molecule has 3 N–H and O–H groups in total. The Kier molecular flexibility index (Phi) is 6.72. The lowest BCUT2D eigenvalue weighted by atomic mass is 10.0. The first-order valence-corrected chi connectivity index (χ1v) is 12.3. The number of rotatable bonds is 9. The molecule has 0 heterocycles. The SMILES string of the molecule is Cc1cc(Oc2ccc(Nc3ccccc3[N+](=O)[O-])cc2C(=O)NC2(C(=O)O)CC2)ccc1-c1ccccc1. The minimum absolute atomic E-state index is 0.0934. The average Bonchev–Trinajstić information content (AvgIpc) is 3.71. The molecule has 0 aliphatic heterocycles. The maximum Gasteiger partial charge on any atom is 0.329 e. The first-order chi connectivity index (χ1) is 18.8. The molecule has 1 saturated carbocycles. The van der Waals surface area contributed by atoms with Crippen LogP contribution in [-0.2, 0) is 4.79 Å². The number of amides is 1. The summed E-state index contributed by atoms with van der Waals surface area (Å²) in [6.07, 6.45) is 0.664. The third-order valence-electron chi connectivity index (χ3n) is 6.63. The van der Waals surface area contributed by atoms with Crippen LogP contribution in [0.4, 0.5) is 17.1 Å².